The van der Waals surface area contributed by atoms with Crippen molar-refractivity contribution in [2.45, 2.75) is 25.7 Å². The summed E-state index contributed by atoms with van der Waals surface area (Å²) in [6.45, 7) is 0.591. The summed E-state index contributed by atoms with van der Waals surface area (Å²) < 4.78 is 43.5. The maximum absolute atomic E-state index is 12.2. The van der Waals surface area contributed by atoms with E-state index in [1.54, 1.807) is 25.4 Å². The molecule has 0 saturated carbocycles. The van der Waals surface area contributed by atoms with Gasteiger partial charge in [-0.2, -0.15) is 13.2 Å². The van der Waals surface area contributed by atoms with Crippen LogP contribution in [0, 0.1) is 0 Å². The lowest BCUT2D eigenvalue weighted by Gasteiger charge is -2.13. The number of aliphatic imine (C=N–C) groups is 1. The van der Waals surface area contributed by atoms with Crippen molar-refractivity contribution in [2.75, 3.05) is 20.2 Å². The molecule has 0 aliphatic carbocycles. The number of hydrogen-bond acceptors (Lipinski definition) is 3. The predicted octanol–water partition coefficient (Wildman–Crippen LogP) is 4.40. The SMILES string of the molecule is CN=C(NCCc1nccn1Cc1ccccc1)NCc1ccc(OCC(F)(F)F)cc1.I. The second kappa shape index (κ2) is 13.1. The normalized spacial score (nSPS) is 11.6. The van der Waals surface area contributed by atoms with E-state index in [2.05, 4.69) is 37.3 Å². The van der Waals surface area contributed by atoms with E-state index in [4.69, 9.17) is 4.74 Å². The molecule has 2 aromatic carbocycles. The molecule has 3 aromatic rings. The van der Waals surface area contributed by atoms with Crippen molar-refractivity contribution >= 4 is 29.9 Å². The van der Waals surface area contributed by atoms with E-state index in [-0.39, 0.29) is 29.7 Å². The van der Waals surface area contributed by atoms with E-state index in [0.29, 0.717) is 19.0 Å². The number of hydrogen-bond donors (Lipinski definition) is 2. The maximum Gasteiger partial charge on any atom is 0.422 e. The van der Waals surface area contributed by atoms with Crippen LogP contribution in [0.15, 0.2) is 72.0 Å². The summed E-state index contributed by atoms with van der Waals surface area (Å²) in [5, 5.41) is 6.44. The van der Waals surface area contributed by atoms with Crippen LogP contribution in [0.25, 0.3) is 0 Å². The topological polar surface area (TPSA) is 63.5 Å². The Morgan fingerprint density at radius 3 is 2.42 bits per heavy atom. The van der Waals surface area contributed by atoms with Crippen LogP contribution in [-0.2, 0) is 19.5 Å². The Hall–Kier alpha value is -2.76. The Balaban J connectivity index is 0.00000385. The quantitative estimate of drug-likeness (QED) is 0.227. The lowest BCUT2D eigenvalue weighted by atomic mass is 10.2. The molecule has 1 aromatic heterocycles. The van der Waals surface area contributed by atoms with Crippen molar-refractivity contribution in [1.29, 1.82) is 0 Å². The third-order valence-electron chi connectivity index (χ3n) is 4.65. The van der Waals surface area contributed by atoms with Gasteiger partial charge < -0.3 is 19.9 Å². The number of alkyl halides is 3. The molecule has 0 amide bonds. The maximum atomic E-state index is 12.2. The van der Waals surface area contributed by atoms with E-state index in [1.807, 2.05) is 24.4 Å². The van der Waals surface area contributed by atoms with Gasteiger partial charge in [0, 0.05) is 45.5 Å². The van der Waals surface area contributed by atoms with Crippen molar-refractivity contribution in [3.8, 4) is 5.75 Å². The molecule has 0 atom stereocenters. The molecule has 0 bridgehead atoms. The summed E-state index contributed by atoms with van der Waals surface area (Å²) in [6.07, 6.45) is 0.147. The number of ether oxygens (including phenoxy) is 1. The summed E-state index contributed by atoms with van der Waals surface area (Å²) >= 11 is 0. The van der Waals surface area contributed by atoms with E-state index in [9.17, 15) is 13.2 Å². The van der Waals surface area contributed by atoms with Crippen LogP contribution in [0.4, 0.5) is 13.2 Å². The van der Waals surface area contributed by atoms with Crippen LogP contribution < -0.4 is 15.4 Å². The highest BCUT2D eigenvalue weighted by Crippen LogP contribution is 2.18. The minimum Gasteiger partial charge on any atom is -0.484 e. The molecule has 178 valence electrons. The standard InChI is InChI=1S/C23H26F3N5O.HI/c1-27-22(30-15-18-7-9-20(10-8-18)32-17-23(24,25)26)29-12-11-21-28-13-14-31(21)16-19-5-3-2-4-6-19;/h2-10,13-14H,11-12,15-17H2,1H3,(H2,27,29,30);1H. The van der Waals surface area contributed by atoms with Gasteiger partial charge in [-0.3, -0.25) is 4.99 Å². The molecule has 0 aliphatic heterocycles. The Bertz CT molecular complexity index is 991. The minimum atomic E-state index is -4.35. The Morgan fingerprint density at radius 2 is 1.76 bits per heavy atom. The van der Waals surface area contributed by atoms with Gasteiger partial charge in [-0.1, -0.05) is 42.5 Å². The molecular weight excluding hydrogens is 546 g/mol. The predicted molar refractivity (Wildman–Crippen MR) is 133 cm³/mol. The molecule has 6 nitrogen and oxygen atoms in total. The number of benzene rings is 2. The van der Waals surface area contributed by atoms with Crippen molar-refractivity contribution in [2.24, 2.45) is 4.99 Å². The van der Waals surface area contributed by atoms with Crippen LogP contribution in [0.1, 0.15) is 17.0 Å². The first-order chi connectivity index (χ1) is 15.4. The molecule has 0 saturated heterocycles. The fourth-order valence-electron chi connectivity index (χ4n) is 3.06. The largest absolute Gasteiger partial charge is 0.484 e. The molecule has 1 heterocycles. The third-order valence-corrected chi connectivity index (χ3v) is 4.65. The summed E-state index contributed by atoms with van der Waals surface area (Å²) in [6, 6.07) is 16.7. The van der Waals surface area contributed by atoms with E-state index in [1.165, 1.54) is 17.7 Å². The first-order valence-corrected chi connectivity index (χ1v) is 10.2. The summed E-state index contributed by atoms with van der Waals surface area (Å²) in [5.74, 6) is 1.79. The van der Waals surface area contributed by atoms with E-state index in [0.717, 1.165) is 24.4 Å². The lowest BCUT2D eigenvalue weighted by Crippen LogP contribution is -2.38. The number of halogens is 4. The van der Waals surface area contributed by atoms with E-state index < -0.39 is 12.8 Å². The third kappa shape index (κ3) is 9.32. The highest BCUT2D eigenvalue weighted by molar-refractivity contribution is 14.0. The molecule has 3 rings (SSSR count). The number of aromatic nitrogens is 2. The zero-order valence-electron chi connectivity index (χ0n) is 18.2. The van der Waals surface area contributed by atoms with Crippen molar-refractivity contribution in [3.63, 3.8) is 0 Å². The highest BCUT2D eigenvalue weighted by atomic mass is 127. The van der Waals surface area contributed by atoms with Crippen LogP contribution >= 0.6 is 24.0 Å². The van der Waals surface area contributed by atoms with Crippen LogP contribution in [0.5, 0.6) is 5.75 Å². The summed E-state index contributed by atoms with van der Waals surface area (Å²) in [7, 11) is 1.68. The molecular formula is C23H27F3IN5O. The molecule has 2 N–H and O–H groups in total. The average molecular weight is 573 g/mol. The molecule has 33 heavy (non-hydrogen) atoms. The number of imidazole rings is 1. The van der Waals surface area contributed by atoms with Crippen molar-refractivity contribution in [1.82, 2.24) is 20.2 Å². The number of nitrogens with one attached hydrogen (secondary N) is 2. The van der Waals surface area contributed by atoms with Crippen molar-refractivity contribution < 1.29 is 17.9 Å². The van der Waals surface area contributed by atoms with Gasteiger partial charge in [-0.15, -0.1) is 24.0 Å². The minimum absolute atomic E-state index is 0. The van der Waals surface area contributed by atoms with Gasteiger partial charge in [0.05, 0.1) is 0 Å². The molecule has 0 fully saturated rings. The molecule has 0 spiro atoms. The van der Waals surface area contributed by atoms with Gasteiger partial charge >= 0.3 is 6.18 Å². The first-order valence-electron chi connectivity index (χ1n) is 10.2. The molecule has 0 radical (unpaired) electrons. The first kappa shape index (κ1) is 26.5. The van der Waals surface area contributed by atoms with Crippen LogP contribution in [-0.4, -0.2) is 41.9 Å². The highest BCUT2D eigenvalue weighted by Gasteiger charge is 2.28. The van der Waals surface area contributed by atoms with Gasteiger partial charge in [-0.25, -0.2) is 4.98 Å². The summed E-state index contributed by atoms with van der Waals surface area (Å²) in [5.41, 5.74) is 2.11. The second-order valence-electron chi connectivity index (χ2n) is 7.11. The zero-order valence-corrected chi connectivity index (χ0v) is 20.5. The van der Waals surface area contributed by atoms with Crippen LogP contribution in [0.3, 0.4) is 0 Å². The fourth-order valence-corrected chi connectivity index (χ4v) is 3.06. The van der Waals surface area contributed by atoms with Gasteiger partial charge in [0.15, 0.2) is 12.6 Å². The lowest BCUT2D eigenvalue weighted by molar-refractivity contribution is -0.153. The smallest absolute Gasteiger partial charge is 0.422 e. The molecule has 0 unspecified atom stereocenters. The van der Waals surface area contributed by atoms with Crippen molar-refractivity contribution in [3.05, 3.63) is 83.9 Å². The Morgan fingerprint density at radius 1 is 1.03 bits per heavy atom. The average Bonchev–Trinajstić information content (AvgIpc) is 3.22. The van der Waals surface area contributed by atoms with Crippen LogP contribution in [0.2, 0.25) is 0 Å². The number of rotatable bonds is 9. The molecule has 0 aliphatic rings. The fraction of sp³-hybridized carbons (Fsp3) is 0.304. The Labute approximate surface area is 208 Å². The van der Waals surface area contributed by atoms with E-state index >= 15 is 0 Å². The van der Waals surface area contributed by atoms with Gasteiger partial charge in [-0.05, 0) is 23.3 Å². The Kier molecular flexibility index (Phi) is 10.5. The number of nitrogens with zero attached hydrogens (tertiary/aromatic N) is 3. The van der Waals surface area contributed by atoms with Gasteiger partial charge in [0.1, 0.15) is 11.6 Å². The zero-order chi connectivity index (χ0) is 22.8. The molecule has 10 heteroatoms. The second-order valence-corrected chi connectivity index (χ2v) is 7.11. The number of guanidine groups is 1. The monoisotopic (exact) mass is 573 g/mol. The summed E-state index contributed by atoms with van der Waals surface area (Å²) in [4.78, 5) is 8.65. The van der Waals surface area contributed by atoms with Gasteiger partial charge in [0.25, 0.3) is 0 Å². The van der Waals surface area contributed by atoms with Gasteiger partial charge in [0.2, 0.25) is 0 Å².